The molecule has 0 fully saturated rings. The van der Waals surface area contributed by atoms with Crippen molar-refractivity contribution >= 4 is 0 Å². The summed E-state index contributed by atoms with van der Waals surface area (Å²) in [5.41, 5.74) is 1.20. The summed E-state index contributed by atoms with van der Waals surface area (Å²) in [6.07, 6.45) is 8.34. The Morgan fingerprint density at radius 3 is 3.00 bits per heavy atom. The Hall–Kier alpha value is -0.980. The van der Waals surface area contributed by atoms with Gasteiger partial charge in [-0.3, -0.25) is 0 Å². The molecule has 0 aliphatic carbocycles. The molecule has 0 bridgehead atoms. The molecule has 1 unspecified atom stereocenters. The average Bonchev–Trinajstić information content (AvgIpc) is 2.05. The van der Waals surface area contributed by atoms with E-state index in [9.17, 15) is 0 Å². The lowest BCUT2D eigenvalue weighted by atomic mass is 10.1. The van der Waals surface area contributed by atoms with Gasteiger partial charge < -0.3 is 4.90 Å². The van der Waals surface area contributed by atoms with Crippen LogP contribution >= 0.6 is 0 Å². The van der Waals surface area contributed by atoms with E-state index in [2.05, 4.69) is 43.7 Å². The van der Waals surface area contributed by atoms with E-state index >= 15 is 0 Å². The normalized spacial score (nSPS) is 23.3. The molecule has 0 aromatic carbocycles. The number of hydrogen-bond donors (Lipinski definition) is 0. The fraction of sp³-hybridized carbons (Fsp3) is 0.400. The van der Waals surface area contributed by atoms with Crippen molar-refractivity contribution in [2.75, 3.05) is 6.54 Å². The third-order valence-electron chi connectivity index (χ3n) is 2.01. The summed E-state index contributed by atoms with van der Waals surface area (Å²) in [7, 11) is 0. The van der Waals surface area contributed by atoms with Crippen molar-refractivity contribution in [1.29, 1.82) is 0 Å². The second-order valence-corrected chi connectivity index (χ2v) is 2.76. The van der Waals surface area contributed by atoms with E-state index in [0.29, 0.717) is 6.04 Å². The summed E-state index contributed by atoms with van der Waals surface area (Å²) in [5, 5.41) is 0. The lowest BCUT2D eigenvalue weighted by Crippen LogP contribution is -2.28. The van der Waals surface area contributed by atoms with Crippen LogP contribution in [0.1, 0.15) is 13.8 Å². The van der Waals surface area contributed by atoms with Crippen LogP contribution in [0.2, 0.25) is 0 Å². The third-order valence-corrected chi connectivity index (χ3v) is 2.01. The first kappa shape index (κ1) is 8.12. The van der Waals surface area contributed by atoms with Gasteiger partial charge in [0, 0.05) is 18.8 Å². The van der Waals surface area contributed by atoms with E-state index in [1.807, 2.05) is 6.08 Å². The van der Waals surface area contributed by atoms with Crippen LogP contribution in [-0.4, -0.2) is 17.5 Å². The zero-order chi connectivity index (χ0) is 8.27. The van der Waals surface area contributed by atoms with Gasteiger partial charge in [0.05, 0.1) is 0 Å². The largest absolute Gasteiger partial charge is 0.371 e. The molecule has 11 heavy (non-hydrogen) atoms. The Balaban J connectivity index is 2.74. The predicted octanol–water partition coefficient (Wildman–Crippen LogP) is 2.34. The van der Waals surface area contributed by atoms with Crippen LogP contribution in [-0.2, 0) is 0 Å². The fourth-order valence-corrected chi connectivity index (χ4v) is 1.21. The fourth-order valence-electron chi connectivity index (χ4n) is 1.21. The quantitative estimate of drug-likeness (QED) is 0.582. The number of nitrogens with zero attached hydrogens (tertiary/aromatic N) is 1. The summed E-state index contributed by atoms with van der Waals surface area (Å²) in [6.45, 7) is 9.14. The first-order chi connectivity index (χ1) is 5.27. The van der Waals surface area contributed by atoms with Crippen LogP contribution in [0, 0.1) is 0 Å². The summed E-state index contributed by atoms with van der Waals surface area (Å²) in [6, 6.07) is 0.531. The van der Waals surface area contributed by atoms with E-state index < -0.39 is 0 Å². The summed E-state index contributed by atoms with van der Waals surface area (Å²) in [4.78, 5) is 2.29. The van der Waals surface area contributed by atoms with Crippen molar-refractivity contribution in [3.8, 4) is 0 Å². The van der Waals surface area contributed by atoms with Gasteiger partial charge in [0.1, 0.15) is 0 Å². The maximum atomic E-state index is 3.73. The highest BCUT2D eigenvalue weighted by Crippen LogP contribution is 2.12. The first-order valence-electron chi connectivity index (χ1n) is 4.06. The van der Waals surface area contributed by atoms with Gasteiger partial charge in [-0.1, -0.05) is 24.8 Å². The molecule has 0 saturated carbocycles. The highest BCUT2D eigenvalue weighted by molar-refractivity contribution is 5.32. The smallest absolute Gasteiger partial charge is 0.0442 e. The number of likely N-dealkylation sites (N-methyl/N-ethyl adjacent to an activating group) is 1. The lowest BCUT2D eigenvalue weighted by molar-refractivity contribution is 0.348. The van der Waals surface area contributed by atoms with Crippen molar-refractivity contribution in [3.05, 3.63) is 36.6 Å². The highest BCUT2D eigenvalue weighted by Gasteiger charge is 2.08. The van der Waals surface area contributed by atoms with Crippen LogP contribution in [0.25, 0.3) is 0 Å². The van der Waals surface area contributed by atoms with Crippen molar-refractivity contribution in [2.24, 2.45) is 0 Å². The molecular formula is C10H15N. The second-order valence-electron chi connectivity index (χ2n) is 2.76. The Morgan fingerprint density at radius 1 is 1.73 bits per heavy atom. The molecule has 1 nitrogen and oxygen atoms in total. The molecule has 1 aliphatic rings. The van der Waals surface area contributed by atoms with Crippen molar-refractivity contribution < 1.29 is 0 Å². The van der Waals surface area contributed by atoms with Gasteiger partial charge in [-0.25, -0.2) is 0 Å². The summed E-state index contributed by atoms with van der Waals surface area (Å²) in [5.74, 6) is 0. The Labute approximate surface area is 68.7 Å². The van der Waals surface area contributed by atoms with Crippen molar-refractivity contribution in [2.45, 2.75) is 19.9 Å². The molecule has 1 rings (SSSR count). The molecule has 1 heteroatoms. The minimum absolute atomic E-state index is 0.531. The highest BCUT2D eigenvalue weighted by atomic mass is 15.1. The standard InChI is InChI=1S/C10H15N/c1-4-10-7-6-9(3)11(5-2)8-10/h4,6-9H,1,5H2,2-3H3. The van der Waals surface area contributed by atoms with Gasteiger partial charge in [-0.15, -0.1) is 0 Å². The van der Waals surface area contributed by atoms with Gasteiger partial charge in [0.25, 0.3) is 0 Å². The van der Waals surface area contributed by atoms with Crippen LogP contribution < -0.4 is 0 Å². The average molecular weight is 149 g/mol. The molecule has 1 atom stereocenters. The molecule has 0 aromatic heterocycles. The summed E-state index contributed by atoms with van der Waals surface area (Å²) < 4.78 is 0. The molecule has 0 spiro atoms. The minimum Gasteiger partial charge on any atom is -0.371 e. The van der Waals surface area contributed by atoms with E-state index in [0.717, 1.165) is 6.54 Å². The van der Waals surface area contributed by atoms with Crippen LogP contribution in [0.3, 0.4) is 0 Å². The Bertz CT molecular complexity index is 201. The van der Waals surface area contributed by atoms with Gasteiger partial charge in [-0.05, 0) is 19.4 Å². The monoisotopic (exact) mass is 149 g/mol. The molecule has 0 N–H and O–H groups in total. The SMILES string of the molecule is C=CC1=CN(CC)C(C)C=C1. The molecule has 0 amide bonds. The molecule has 1 aliphatic heterocycles. The van der Waals surface area contributed by atoms with E-state index in [1.165, 1.54) is 5.57 Å². The molecule has 0 aromatic rings. The lowest BCUT2D eigenvalue weighted by Gasteiger charge is -2.27. The first-order valence-corrected chi connectivity index (χ1v) is 4.06. The van der Waals surface area contributed by atoms with Crippen LogP contribution in [0.15, 0.2) is 36.6 Å². The number of rotatable bonds is 2. The van der Waals surface area contributed by atoms with Crippen molar-refractivity contribution in [1.82, 2.24) is 4.90 Å². The predicted molar refractivity (Wildman–Crippen MR) is 49.3 cm³/mol. The van der Waals surface area contributed by atoms with Gasteiger partial charge >= 0.3 is 0 Å². The number of hydrogen-bond acceptors (Lipinski definition) is 1. The molecule has 60 valence electrons. The Kier molecular flexibility index (Phi) is 2.53. The summed E-state index contributed by atoms with van der Waals surface area (Å²) >= 11 is 0. The van der Waals surface area contributed by atoms with Crippen LogP contribution in [0.5, 0.6) is 0 Å². The maximum absolute atomic E-state index is 3.73. The number of allylic oxidation sites excluding steroid dienone is 3. The van der Waals surface area contributed by atoms with E-state index in [-0.39, 0.29) is 0 Å². The molecule has 0 radical (unpaired) electrons. The third kappa shape index (κ3) is 1.73. The van der Waals surface area contributed by atoms with Crippen LogP contribution in [0.4, 0.5) is 0 Å². The maximum Gasteiger partial charge on any atom is 0.0442 e. The van der Waals surface area contributed by atoms with Gasteiger partial charge in [0.15, 0.2) is 0 Å². The molecule has 0 saturated heterocycles. The Morgan fingerprint density at radius 2 is 2.45 bits per heavy atom. The topological polar surface area (TPSA) is 3.24 Å². The minimum atomic E-state index is 0.531. The van der Waals surface area contributed by atoms with E-state index in [1.54, 1.807) is 0 Å². The van der Waals surface area contributed by atoms with Crippen molar-refractivity contribution in [3.63, 3.8) is 0 Å². The second kappa shape index (κ2) is 3.42. The molecule has 1 heterocycles. The molecular weight excluding hydrogens is 134 g/mol. The zero-order valence-electron chi connectivity index (χ0n) is 7.25. The zero-order valence-corrected chi connectivity index (χ0v) is 7.25. The van der Waals surface area contributed by atoms with Gasteiger partial charge in [-0.2, -0.15) is 0 Å². The van der Waals surface area contributed by atoms with E-state index in [4.69, 9.17) is 0 Å². The van der Waals surface area contributed by atoms with Gasteiger partial charge in [0.2, 0.25) is 0 Å².